The largest absolute Gasteiger partial charge is 0.465 e. The van der Waals surface area contributed by atoms with E-state index in [0.29, 0.717) is 36.9 Å². The number of para-hydroxylation sites is 1. The second-order valence-corrected chi connectivity index (χ2v) is 5.30. The van der Waals surface area contributed by atoms with Crippen LogP contribution in [0.4, 0.5) is 9.18 Å². The Morgan fingerprint density at radius 3 is 2.71 bits per heavy atom. The number of nitrogens with zero attached hydrogens (tertiary/aromatic N) is 1. The highest BCUT2D eigenvalue weighted by Crippen LogP contribution is 2.27. The maximum atomic E-state index is 13.6. The van der Waals surface area contributed by atoms with Gasteiger partial charge in [-0.15, -0.1) is 0 Å². The first-order chi connectivity index (χ1) is 10.1. The van der Waals surface area contributed by atoms with Gasteiger partial charge in [0.05, 0.1) is 5.52 Å². The number of rotatable bonds is 1. The molecule has 1 fully saturated rings. The molecular formula is C15H15FN2O3. The van der Waals surface area contributed by atoms with Crippen molar-refractivity contribution in [1.82, 2.24) is 9.88 Å². The van der Waals surface area contributed by atoms with E-state index in [1.54, 1.807) is 18.2 Å². The van der Waals surface area contributed by atoms with Crippen LogP contribution in [0.1, 0.15) is 24.3 Å². The minimum atomic E-state index is -0.928. The molecule has 0 unspecified atom stereocenters. The molecule has 1 saturated heterocycles. The van der Waals surface area contributed by atoms with Crippen molar-refractivity contribution in [2.45, 2.75) is 18.8 Å². The molecule has 0 spiro atoms. The Morgan fingerprint density at radius 2 is 2.05 bits per heavy atom. The Bertz CT molecular complexity index is 748. The molecule has 1 aliphatic heterocycles. The number of nitrogens with one attached hydrogen (secondary N) is 1. The molecule has 5 nitrogen and oxygen atoms in total. The summed E-state index contributed by atoms with van der Waals surface area (Å²) in [5.41, 5.74) is 0.536. The fourth-order valence-corrected chi connectivity index (χ4v) is 2.90. The molecule has 2 N–H and O–H groups in total. The van der Waals surface area contributed by atoms with Crippen LogP contribution in [0.25, 0.3) is 10.9 Å². The number of H-pyrrole nitrogens is 1. The number of hydrogen-bond acceptors (Lipinski definition) is 2. The van der Waals surface area contributed by atoms with Gasteiger partial charge in [0.2, 0.25) is 0 Å². The van der Waals surface area contributed by atoms with Crippen molar-refractivity contribution in [2.75, 3.05) is 13.1 Å². The smallest absolute Gasteiger partial charge is 0.407 e. The summed E-state index contributed by atoms with van der Waals surface area (Å²) in [6.45, 7) is 0.835. The van der Waals surface area contributed by atoms with Gasteiger partial charge in [-0.3, -0.25) is 4.79 Å². The molecule has 2 heterocycles. The van der Waals surface area contributed by atoms with Crippen molar-refractivity contribution in [3.8, 4) is 0 Å². The summed E-state index contributed by atoms with van der Waals surface area (Å²) in [5.74, 6) is -0.436. The van der Waals surface area contributed by atoms with Crippen LogP contribution in [0.2, 0.25) is 0 Å². The fourth-order valence-electron chi connectivity index (χ4n) is 2.90. The van der Waals surface area contributed by atoms with Crippen LogP contribution in [-0.2, 0) is 0 Å². The third kappa shape index (κ3) is 2.49. The molecule has 0 saturated carbocycles. The first-order valence-electron chi connectivity index (χ1n) is 6.85. The molecule has 1 aliphatic rings. The number of carbonyl (C=O) groups is 1. The Morgan fingerprint density at radius 1 is 1.33 bits per heavy atom. The lowest BCUT2D eigenvalue weighted by Gasteiger charge is -2.29. The van der Waals surface area contributed by atoms with Crippen LogP contribution in [0.15, 0.2) is 29.1 Å². The first kappa shape index (κ1) is 13.6. The van der Waals surface area contributed by atoms with Gasteiger partial charge in [0.25, 0.3) is 5.56 Å². The van der Waals surface area contributed by atoms with Gasteiger partial charge in [0, 0.05) is 24.0 Å². The van der Waals surface area contributed by atoms with E-state index >= 15 is 0 Å². The predicted molar refractivity (Wildman–Crippen MR) is 76.1 cm³/mol. The minimum absolute atomic E-state index is 0.0111. The molecule has 1 aromatic heterocycles. The van der Waals surface area contributed by atoms with E-state index in [1.807, 2.05) is 0 Å². The van der Waals surface area contributed by atoms with E-state index < -0.39 is 11.9 Å². The number of aromatic nitrogens is 1. The van der Waals surface area contributed by atoms with E-state index in [9.17, 15) is 14.0 Å². The second-order valence-electron chi connectivity index (χ2n) is 5.30. The Labute approximate surface area is 120 Å². The third-order valence-corrected chi connectivity index (χ3v) is 4.06. The molecule has 0 radical (unpaired) electrons. The zero-order valence-electron chi connectivity index (χ0n) is 11.3. The van der Waals surface area contributed by atoms with Crippen LogP contribution in [-0.4, -0.2) is 34.2 Å². The van der Waals surface area contributed by atoms with Gasteiger partial charge in [0.15, 0.2) is 0 Å². The summed E-state index contributed by atoms with van der Waals surface area (Å²) in [6.07, 6.45) is 0.287. The highest BCUT2D eigenvalue weighted by Gasteiger charge is 2.25. The molecule has 6 heteroatoms. The second kappa shape index (κ2) is 5.20. The summed E-state index contributed by atoms with van der Waals surface area (Å²) in [6, 6.07) is 6.39. The molecule has 1 amide bonds. The highest BCUT2D eigenvalue weighted by atomic mass is 19.1. The van der Waals surface area contributed by atoms with E-state index in [1.165, 1.54) is 11.0 Å². The SMILES string of the molecule is O=C(O)N1CCC(c2cc3cccc(F)c3[nH]c2=O)CC1. The van der Waals surface area contributed by atoms with Crippen LogP contribution in [0.5, 0.6) is 0 Å². The number of aromatic amines is 1. The van der Waals surface area contributed by atoms with Gasteiger partial charge < -0.3 is 15.0 Å². The lowest BCUT2D eigenvalue weighted by atomic mass is 9.89. The highest BCUT2D eigenvalue weighted by molar-refractivity contribution is 5.79. The van der Waals surface area contributed by atoms with E-state index in [4.69, 9.17) is 5.11 Å². The van der Waals surface area contributed by atoms with Crippen LogP contribution in [0, 0.1) is 5.82 Å². The average molecular weight is 290 g/mol. The number of pyridine rings is 1. The van der Waals surface area contributed by atoms with Crippen molar-refractivity contribution in [3.63, 3.8) is 0 Å². The van der Waals surface area contributed by atoms with Crippen molar-refractivity contribution < 1.29 is 14.3 Å². The molecule has 0 bridgehead atoms. The number of piperidine rings is 1. The molecule has 1 aromatic carbocycles. The molecule has 3 rings (SSSR count). The summed E-state index contributed by atoms with van der Waals surface area (Å²) < 4.78 is 13.6. The first-order valence-corrected chi connectivity index (χ1v) is 6.85. The van der Waals surface area contributed by atoms with Crippen molar-refractivity contribution >= 4 is 17.0 Å². The standard InChI is InChI=1S/C15H15FN2O3/c16-12-3-1-2-10-8-11(14(19)17-13(10)12)9-4-6-18(7-5-9)15(20)21/h1-3,8-9H,4-7H2,(H,17,19)(H,20,21). The molecule has 110 valence electrons. The molecule has 0 aliphatic carbocycles. The molecule has 2 aromatic rings. The van der Waals surface area contributed by atoms with Crippen molar-refractivity contribution in [3.05, 3.63) is 46.0 Å². The van der Waals surface area contributed by atoms with Gasteiger partial charge in [-0.1, -0.05) is 12.1 Å². The zero-order chi connectivity index (χ0) is 15.0. The summed E-state index contributed by atoms with van der Waals surface area (Å²) >= 11 is 0. The number of fused-ring (bicyclic) bond motifs is 1. The number of halogens is 1. The fraction of sp³-hybridized carbons (Fsp3) is 0.333. The van der Waals surface area contributed by atoms with Crippen molar-refractivity contribution in [1.29, 1.82) is 0 Å². The van der Waals surface area contributed by atoms with Crippen LogP contribution < -0.4 is 5.56 Å². The average Bonchev–Trinajstić information content (AvgIpc) is 2.48. The number of carboxylic acid groups (broad SMARTS) is 1. The molecule has 0 atom stereocenters. The molecule has 21 heavy (non-hydrogen) atoms. The summed E-state index contributed by atoms with van der Waals surface area (Å²) in [4.78, 5) is 27.0. The van der Waals surface area contributed by atoms with Gasteiger partial charge >= 0.3 is 6.09 Å². The van der Waals surface area contributed by atoms with Gasteiger partial charge in [-0.05, 0) is 30.9 Å². The maximum Gasteiger partial charge on any atom is 0.407 e. The zero-order valence-corrected chi connectivity index (χ0v) is 11.3. The van der Waals surface area contributed by atoms with Gasteiger partial charge in [-0.2, -0.15) is 0 Å². The topological polar surface area (TPSA) is 73.4 Å². The monoisotopic (exact) mass is 290 g/mol. The minimum Gasteiger partial charge on any atom is -0.465 e. The quantitative estimate of drug-likeness (QED) is 0.847. The summed E-state index contributed by atoms with van der Waals surface area (Å²) in [7, 11) is 0. The normalized spacial score (nSPS) is 16.3. The number of hydrogen-bond donors (Lipinski definition) is 2. The van der Waals surface area contributed by atoms with E-state index in [-0.39, 0.29) is 17.0 Å². The number of amides is 1. The lowest BCUT2D eigenvalue weighted by Crippen LogP contribution is -2.37. The maximum absolute atomic E-state index is 13.6. The molecular weight excluding hydrogens is 275 g/mol. The van der Waals surface area contributed by atoms with Gasteiger partial charge in [0.1, 0.15) is 5.82 Å². The van der Waals surface area contributed by atoms with Crippen LogP contribution >= 0.6 is 0 Å². The summed E-state index contributed by atoms with van der Waals surface area (Å²) in [5, 5.41) is 9.60. The van der Waals surface area contributed by atoms with Crippen LogP contribution in [0.3, 0.4) is 0 Å². The van der Waals surface area contributed by atoms with E-state index in [0.717, 1.165) is 0 Å². The van der Waals surface area contributed by atoms with Crippen molar-refractivity contribution in [2.24, 2.45) is 0 Å². The third-order valence-electron chi connectivity index (χ3n) is 4.06. The Kier molecular flexibility index (Phi) is 3.37. The van der Waals surface area contributed by atoms with E-state index in [2.05, 4.69) is 4.98 Å². The number of benzene rings is 1. The predicted octanol–water partition coefficient (Wildman–Crippen LogP) is 2.52. The lowest BCUT2D eigenvalue weighted by molar-refractivity contribution is 0.132. The van der Waals surface area contributed by atoms with Gasteiger partial charge in [-0.25, -0.2) is 9.18 Å². The number of likely N-dealkylation sites (tertiary alicyclic amines) is 1. The Hall–Kier alpha value is -2.37. The Balaban J connectivity index is 1.93.